The van der Waals surface area contributed by atoms with Gasteiger partial charge in [-0.1, -0.05) is 17.7 Å². The third kappa shape index (κ3) is 4.61. The number of carbonyl (C=O) groups excluding carboxylic acids is 1. The molecule has 5 nitrogen and oxygen atoms in total. The average molecular weight is 376 g/mol. The molecule has 0 spiro atoms. The summed E-state index contributed by atoms with van der Waals surface area (Å²) in [5.74, 6) is 2.00. The topological polar surface area (TPSA) is 48.0 Å². The lowest BCUT2D eigenvalue weighted by atomic mass is 10.1. The number of methoxy groups -OCH3 is 2. The largest absolute Gasteiger partial charge is 0.497 e. The first-order valence-corrected chi connectivity index (χ1v) is 8.87. The molecule has 3 rings (SSSR count). The van der Waals surface area contributed by atoms with Crippen LogP contribution in [0.1, 0.15) is 18.4 Å². The summed E-state index contributed by atoms with van der Waals surface area (Å²) in [6.07, 6.45) is 2.02. The standard InChI is InChI=1S/C20H22ClNO4/c1-24-17-8-9-19(25-2)14(10-17)12-22(16-6-7-16)20(23)13-26-18-5-3-4-15(21)11-18/h3-5,8-11,16H,6-7,12-13H2,1-2H3. The third-order valence-corrected chi connectivity index (χ3v) is 4.53. The summed E-state index contributed by atoms with van der Waals surface area (Å²) in [6, 6.07) is 12.9. The van der Waals surface area contributed by atoms with Crippen LogP contribution in [0.25, 0.3) is 0 Å². The van der Waals surface area contributed by atoms with Gasteiger partial charge in [-0.2, -0.15) is 0 Å². The minimum Gasteiger partial charge on any atom is -0.497 e. The van der Waals surface area contributed by atoms with Crippen LogP contribution in [0.4, 0.5) is 0 Å². The van der Waals surface area contributed by atoms with Gasteiger partial charge in [0.2, 0.25) is 0 Å². The lowest BCUT2D eigenvalue weighted by Crippen LogP contribution is -2.36. The lowest BCUT2D eigenvalue weighted by Gasteiger charge is -2.24. The van der Waals surface area contributed by atoms with E-state index < -0.39 is 0 Å². The predicted molar refractivity (Wildman–Crippen MR) is 100 cm³/mol. The highest BCUT2D eigenvalue weighted by Crippen LogP contribution is 2.32. The number of halogens is 1. The van der Waals surface area contributed by atoms with Crippen LogP contribution in [0.5, 0.6) is 17.2 Å². The molecule has 0 atom stereocenters. The molecule has 138 valence electrons. The normalized spacial score (nSPS) is 13.2. The van der Waals surface area contributed by atoms with Crippen LogP contribution in [-0.2, 0) is 11.3 Å². The molecule has 0 aliphatic heterocycles. The van der Waals surface area contributed by atoms with E-state index in [1.165, 1.54) is 0 Å². The summed E-state index contributed by atoms with van der Waals surface area (Å²) in [6.45, 7) is 0.436. The monoisotopic (exact) mass is 375 g/mol. The minimum absolute atomic E-state index is 0.0247. The Bertz CT molecular complexity index is 776. The van der Waals surface area contributed by atoms with Crippen LogP contribution in [0.2, 0.25) is 5.02 Å². The molecular weight excluding hydrogens is 354 g/mol. The summed E-state index contributed by atoms with van der Waals surface area (Å²) in [7, 11) is 3.24. The molecule has 0 N–H and O–H groups in total. The van der Waals surface area contributed by atoms with Gasteiger partial charge < -0.3 is 19.1 Å². The molecule has 2 aromatic rings. The highest BCUT2D eigenvalue weighted by molar-refractivity contribution is 6.30. The molecular formula is C20H22ClNO4. The van der Waals surface area contributed by atoms with Crippen LogP contribution in [0.15, 0.2) is 42.5 Å². The van der Waals surface area contributed by atoms with Crippen molar-refractivity contribution in [3.8, 4) is 17.2 Å². The van der Waals surface area contributed by atoms with E-state index in [2.05, 4.69) is 0 Å². The molecule has 0 bridgehead atoms. The van der Waals surface area contributed by atoms with E-state index in [0.29, 0.717) is 17.3 Å². The summed E-state index contributed by atoms with van der Waals surface area (Å²) in [5.41, 5.74) is 0.912. The molecule has 1 aliphatic rings. The quantitative estimate of drug-likeness (QED) is 0.701. The van der Waals surface area contributed by atoms with Gasteiger partial charge in [-0.15, -0.1) is 0 Å². The summed E-state index contributed by atoms with van der Waals surface area (Å²) >= 11 is 5.95. The van der Waals surface area contributed by atoms with Gasteiger partial charge in [0.05, 0.1) is 14.2 Å². The first kappa shape index (κ1) is 18.4. The van der Waals surface area contributed by atoms with Crippen LogP contribution < -0.4 is 14.2 Å². The fraction of sp³-hybridized carbons (Fsp3) is 0.350. The fourth-order valence-corrected chi connectivity index (χ4v) is 2.96. The van der Waals surface area contributed by atoms with Crippen molar-refractivity contribution in [3.63, 3.8) is 0 Å². The lowest BCUT2D eigenvalue weighted by molar-refractivity contribution is -0.134. The van der Waals surface area contributed by atoms with E-state index in [-0.39, 0.29) is 18.6 Å². The van der Waals surface area contributed by atoms with Crippen LogP contribution in [0.3, 0.4) is 0 Å². The predicted octanol–water partition coefficient (Wildman–Crippen LogP) is 3.93. The molecule has 1 fully saturated rings. The van der Waals surface area contributed by atoms with Crippen molar-refractivity contribution < 1.29 is 19.0 Å². The second-order valence-electron chi connectivity index (χ2n) is 6.18. The summed E-state index contributed by atoms with van der Waals surface area (Å²) in [4.78, 5) is 14.6. The summed E-state index contributed by atoms with van der Waals surface area (Å²) < 4.78 is 16.3. The Labute approximate surface area is 158 Å². The second-order valence-corrected chi connectivity index (χ2v) is 6.61. The number of hydrogen-bond acceptors (Lipinski definition) is 4. The van der Waals surface area contributed by atoms with Gasteiger partial charge in [0.1, 0.15) is 17.2 Å². The molecule has 1 aliphatic carbocycles. The number of carbonyl (C=O) groups is 1. The van der Waals surface area contributed by atoms with Crippen molar-refractivity contribution in [2.24, 2.45) is 0 Å². The zero-order chi connectivity index (χ0) is 18.5. The molecule has 0 aromatic heterocycles. The van der Waals surface area contributed by atoms with Crippen LogP contribution in [-0.4, -0.2) is 37.7 Å². The number of ether oxygens (including phenoxy) is 3. The third-order valence-electron chi connectivity index (χ3n) is 4.29. The minimum atomic E-state index is -0.0580. The van der Waals surface area contributed by atoms with E-state index in [0.717, 1.165) is 29.9 Å². The number of amides is 1. The van der Waals surface area contributed by atoms with Crippen molar-refractivity contribution in [1.82, 2.24) is 4.90 Å². The Morgan fingerprint density at radius 2 is 1.92 bits per heavy atom. The molecule has 0 unspecified atom stereocenters. The Morgan fingerprint density at radius 3 is 2.58 bits per heavy atom. The number of hydrogen-bond donors (Lipinski definition) is 0. The Hall–Kier alpha value is -2.40. The van der Waals surface area contributed by atoms with Gasteiger partial charge in [0, 0.05) is 23.2 Å². The van der Waals surface area contributed by atoms with Crippen molar-refractivity contribution in [2.75, 3.05) is 20.8 Å². The van der Waals surface area contributed by atoms with Gasteiger partial charge in [0.15, 0.2) is 6.61 Å². The number of rotatable bonds is 8. The zero-order valence-corrected chi connectivity index (χ0v) is 15.7. The first-order valence-electron chi connectivity index (χ1n) is 8.49. The first-order chi connectivity index (χ1) is 12.6. The average Bonchev–Trinajstić information content (AvgIpc) is 3.49. The van der Waals surface area contributed by atoms with Crippen molar-refractivity contribution in [2.45, 2.75) is 25.4 Å². The van der Waals surface area contributed by atoms with E-state index in [1.54, 1.807) is 38.5 Å². The summed E-state index contributed by atoms with van der Waals surface area (Å²) in [5, 5.41) is 0.579. The maximum atomic E-state index is 12.7. The molecule has 0 heterocycles. The van der Waals surface area contributed by atoms with Crippen LogP contribution >= 0.6 is 11.6 Å². The van der Waals surface area contributed by atoms with E-state index in [4.69, 9.17) is 25.8 Å². The van der Waals surface area contributed by atoms with Crippen molar-refractivity contribution in [1.29, 1.82) is 0 Å². The van der Waals surface area contributed by atoms with Gasteiger partial charge >= 0.3 is 0 Å². The molecule has 0 saturated heterocycles. The van der Waals surface area contributed by atoms with Crippen LogP contribution in [0, 0.1) is 0 Å². The molecule has 6 heteroatoms. The van der Waals surface area contributed by atoms with E-state index in [1.807, 2.05) is 23.1 Å². The van der Waals surface area contributed by atoms with E-state index >= 15 is 0 Å². The van der Waals surface area contributed by atoms with Crippen molar-refractivity contribution >= 4 is 17.5 Å². The highest BCUT2D eigenvalue weighted by atomic mass is 35.5. The molecule has 1 amide bonds. The number of benzene rings is 2. The Balaban J connectivity index is 1.70. The highest BCUT2D eigenvalue weighted by Gasteiger charge is 2.33. The second kappa shape index (κ2) is 8.32. The van der Waals surface area contributed by atoms with Crippen molar-refractivity contribution in [3.05, 3.63) is 53.1 Å². The fourth-order valence-electron chi connectivity index (χ4n) is 2.78. The maximum absolute atomic E-state index is 12.7. The number of nitrogens with zero attached hydrogens (tertiary/aromatic N) is 1. The molecule has 0 radical (unpaired) electrons. The Kier molecular flexibility index (Phi) is 5.89. The molecule has 26 heavy (non-hydrogen) atoms. The van der Waals surface area contributed by atoms with E-state index in [9.17, 15) is 4.79 Å². The molecule has 1 saturated carbocycles. The Morgan fingerprint density at radius 1 is 1.12 bits per heavy atom. The smallest absolute Gasteiger partial charge is 0.261 e. The molecule has 2 aromatic carbocycles. The van der Waals surface area contributed by atoms with Gasteiger partial charge in [0.25, 0.3) is 5.91 Å². The maximum Gasteiger partial charge on any atom is 0.261 e. The zero-order valence-electron chi connectivity index (χ0n) is 14.9. The van der Waals surface area contributed by atoms with Gasteiger partial charge in [-0.25, -0.2) is 0 Å². The van der Waals surface area contributed by atoms with Gasteiger partial charge in [-0.05, 0) is 49.2 Å². The SMILES string of the molecule is COc1ccc(OC)c(CN(C(=O)COc2cccc(Cl)c2)C2CC2)c1. The van der Waals surface area contributed by atoms with Gasteiger partial charge in [-0.3, -0.25) is 4.79 Å².